The van der Waals surface area contributed by atoms with Gasteiger partial charge in [-0.05, 0) is 31.0 Å². The summed E-state index contributed by atoms with van der Waals surface area (Å²) in [5, 5.41) is 14.4. The van der Waals surface area contributed by atoms with Crippen molar-refractivity contribution >= 4 is 11.8 Å². The zero-order valence-corrected chi connectivity index (χ0v) is 12.2. The Labute approximate surface area is 128 Å². The SMILES string of the molecule is N#CC1(NC(=O)CNC(=O)c2cccc(F)c2)CCCCC1. The average molecular weight is 303 g/mol. The lowest BCUT2D eigenvalue weighted by Crippen LogP contribution is -2.51. The van der Waals surface area contributed by atoms with Crippen molar-refractivity contribution in [3.63, 3.8) is 0 Å². The summed E-state index contributed by atoms with van der Waals surface area (Å²) < 4.78 is 13.0. The fourth-order valence-electron chi connectivity index (χ4n) is 2.62. The predicted octanol–water partition coefficient (Wildman–Crippen LogP) is 1.90. The van der Waals surface area contributed by atoms with E-state index in [0.717, 1.165) is 25.3 Å². The van der Waals surface area contributed by atoms with Gasteiger partial charge in [-0.3, -0.25) is 9.59 Å². The quantitative estimate of drug-likeness (QED) is 0.891. The van der Waals surface area contributed by atoms with Gasteiger partial charge in [0.1, 0.15) is 11.4 Å². The van der Waals surface area contributed by atoms with E-state index in [1.54, 1.807) is 0 Å². The highest BCUT2D eigenvalue weighted by Gasteiger charge is 2.33. The number of carbonyl (C=O) groups is 2. The summed E-state index contributed by atoms with van der Waals surface area (Å²) in [5.74, 6) is -1.44. The summed E-state index contributed by atoms with van der Waals surface area (Å²) in [7, 11) is 0. The van der Waals surface area contributed by atoms with Crippen LogP contribution in [-0.2, 0) is 4.79 Å². The van der Waals surface area contributed by atoms with Crippen molar-refractivity contribution in [1.29, 1.82) is 5.26 Å². The van der Waals surface area contributed by atoms with Crippen LogP contribution in [0.3, 0.4) is 0 Å². The number of hydrogen-bond acceptors (Lipinski definition) is 3. The molecule has 0 aliphatic heterocycles. The van der Waals surface area contributed by atoms with Crippen LogP contribution in [0, 0.1) is 17.1 Å². The minimum Gasteiger partial charge on any atom is -0.343 e. The summed E-state index contributed by atoms with van der Waals surface area (Å²) in [6.45, 7) is -0.237. The maximum absolute atomic E-state index is 13.0. The van der Waals surface area contributed by atoms with Crippen molar-refractivity contribution in [2.24, 2.45) is 0 Å². The van der Waals surface area contributed by atoms with E-state index in [1.807, 2.05) is 0 Å². The van der Waals surface area contributed by atoms with Gasteiger partial charge in [-0.15, -0.1) is 0 Å². The number of carbonyl (C=O) groups excluding carboxylic acids is 2. The van der Waals surface area contributed by atoms with Crippen molar-refractivity contribution in [2.45, 2.75) is 37.6 Å². The van der Waals surface area contributed by atoms with Crippen LogP contribution in [0.5, 0.6) is 0 Å². The molecule has 0 bridgehead atoms. The molecule has 1 aliphatic rings. The second-order valence-corrected chi connectivity index (χ2v) is 5.50. The van der Waals surface area contributed by atoms with Gasteiger partial charge >= 0.3 is 0 Å². The van der Waals surface area contributed by atoms with Crippen LogP contribution >= 0.6 is 0 Å². The first-order valence-corrected chi connectivity index (χ1v) is 7.31. The van der Waals surface area contributed by atoms with Gasteiger partial charge in [0.25, 0.3) is 5.91 Å². The minimum absolute atomic E-state index is 0.153. The zero-order chi connectivity index (χ0) is 16.0. The van der Waals surface area contributed by atoms with E-state index < -0.39 is 23.2 Å². The van der Waals surface area contributed by atoms with Gasteiger partial charge in [0, 0.05) is 5.56 Å². The van der Waals surface area contributed by atoms with Crippen LogP contribution in [0.2, 0.25) is 0 Å². The second-order valence-electron chi connectivity index (χ2n) is 5.50. The molecule has 0 spiro atoms. The standard InChI is InChI=1S/C16H18FN3O2/c17-13-6-4-5-12(9-13)15(22)19-10-14(21)20-16(11-18)7-2-1-3-8-16/h4-6,9H,1-3,7-8,10H2,(H,19,22)(H,20,21). The highest BCUT2D eigenvalue weighted by Crippen LogP contribution is 2.27. The van der Waals surface area contributed by atoms with Crippen LogP contribution < -0.4 is 10.6 Å². The first kappa shape index (κ1) is 16.0. The molecule has 22 heavy (non-hydrogen) atoms. The zero-order valence-electron chi connectivity index (χ0n) is 12.2. The Balaban J connectivity index is 1.87. The Morgan fingerprint density at radius 1 is 1.27 bits per heavy atom. The van der Waals surface area contributed by atoms with Crippen LogP contribution in [0.25, 0.3) is 0 Å². The van der Waals surface area contributed by atoms with Gasteiger partial charge < -0.3 is 10.6 Å². The number of hydrogen-bond donors (Lipinski definition) is 2. The number of rotatable bonds is 4. The summed E-state index contributed by atoms with van der Waals surface area (Å²) in [5.41, 5.74) is -0.667. The molecule has 0 atom stereocenters. The Kier molecular flexibility index (Phi) is 5.10. The van der Waals surface area contributed by atoms with E-state index in [9.17, 15) is 19.2 Å². The van der Waals surface area contributed by atoms with E-state index in [0.29, 0.717) is 12.8 Å². The van der Waals surface area contributed by atoms with Crippen LogP contribution in [0.15, 0.2) is 24.3 Å². The maximum atomic E-state index is 13.0. The van der Waals surface area contributed by atoms with Gasteiger partial charge in [-0.1, -0.05) is 25.3 Å². The van der Waals surface area contributed by atoms with E-state index in [-0.39, 0.29) is 12.1 Å². The molecule has 0 heterocycles. The third-order valence-corrected chi connectivity index (χ3v) is 3.80. The lowest BCUT2D eigenvalue weighted by atomic mass is 9.83. The smallest absolute Gasteiger partial charge is 0.251 e. The molecule has 1 aromatic carbocycles. The molecule has 6 heteroatoms. The number of nitrogens with zero attached hydrogens (tertiary/aromatic N) is 1. The summed E-state index contributed by atoms with van der Waals surface area (Å²) in [6.07, 6.45) is 4.14. The Morgan fingerprint density at radius 3 is 2.64 bits per heavy atom. The van der Waals surface area contributed by atoms with Gasteiger partial charge in [0.15, 0.2) is 0 Å². The lowest BCUT2D eigenvalue weighted by molar-refractivity contribution is -0.121. The van der Waals surface area contributed by atoms with Crippen molar-refractivity contribution in [1.82, 2.24) is 10.6 Å². The molecular weight excluding hydrogens is 285 g/mol. The molecule has 0 aromatic heterocycles. The molecule has 2 N–H and O–H groups in total. The van der Waals surface area contributed by atoms with Gasteiger partial charge in [0.2, 0.25) is 5.91 Å². The highest BCUT2D eigenvalue weighted by molar-refractivity contribution is 5.96. The molecular formula is C16H18FN3O2. The molecule has 2 rings (SSSR count). The predicted molar refractivity (Wildman–Crippen MR) is 78.3 cm³/mol. The number of benzene rings is 1. The topological polar surface area (TPSA) is 82.0 Å². The number of halogens is 1. The molecule has 5 nitrogen and oxygen atoms in total. The fourth-order valence-corrected chi connectivity index (χ4v) is 2.62. The Morgan fingerprint density at radius 2 is 2.00 bits per heavy atom. The van der Waals surface area contributed by atoms with Crippen LogP contribution in [-0.4, -0.2) is 23.9 Å². The Bertz CT molecular complexity index is 604. The first-order chi connectivity index (χ1) is 10.5. The largest absolute Gasteiger partial charge is 0.343 e. The highest BCUT2D eigenvalue weighted by atomic mass is 19.1. The minimum atomic E-state index is -0.821. The maximum Gasteiger partial charge on any atom is 0.251 e. The summed E-state index contributed by atoms with van der Waals surface area (Å²) in [6, 6.07) is 7.42. The molecule has 116 valence electrons. The van der Waals surface area contributed by atoms with Crippen LogP contribution in [0.1, 0.15) is 42.5 Å². The van der Waals surface area contributed by atoms with Gasteiger partial charge in [-0.25, -0.2) is 4.39 Å². The van der Waals surface area contributed by atoms with Gasteiger partial charge in [0.05, 0.1) is 12.6 Å². The monoisotopic (exact) mass is 303 g/mol. The molecule has 1 fully saturated rings. The normalized spacial score (nSPS) is 16.4. The van der Waals surface area contributed by atoms with Crippen molar-refractivity contribution < 1.29 is 14.0 Å². The Hall–Kier alpha value is -2.42. The molecule has 0 radical (unpaired) electrons. The molecule has 0 unspecified atom stereocenters. The van der Waals surface area contributed by atoms with Crippen molar-refractivity contribution in [3.05, 3.63) is 35.6 Å². The van der Waals surface area contributed by atoms with Crippen LogP contribution in [0.4, 0.5) is 4.39 Å². The van der Waals surface area contributed by atoms with E-state index >= 15 is 0 Å². The van der Waals surface area contributed by atoms with Gasteiger partial charge in [-0.2, -0.15) is 5.26 Å². The van der Waals surface area contributed by atoms with E-state index in [4.69, 9.17) is 0 Å². The van der Waals surface area contributed by atoms with E-state index in [2.05, 4.69) is 16.7 Å². The third kappa shape index (κ3) is 4.04. The molecule has 2 amide bonds. The van der Waals surface area contributed by atoms with Crippen molar-refractivity contribution in [3.8, 4) is 6.07 Å². The van der Waals surface area contributed by atoms with E-state index in [1.165, 1.54) is 18.2 Å². The fraction of sp³-hybridized carbons (Fsp3) is 0.438. The summed E-state index contributed by atoms with van der Waals surface area (Å²) in [4.78, 5) is 23.7. The number of nitriles is 1. The summed E-state index contributed by atoms with van der Waals surface area (Å²) >= 11 is 0. The third-order valence-electron chi connectivity index (χ3n) is 3.80. The molecule has 1 aliphatic carbocycles. The lowest BCUT2D eigenvalue weighted by Gasteiger charge is -2.31. The second kappa shape index (κ2) is 7.03. The first-order valence-electron chi connectivity index (χ1n) is 7.31. The number of nitrogens with one attached hydrogen (secondary N) is 2. The molecule has 1 aromatic rings. The average Bonchev–Trinajstić information content (AvgIpc) is 2.53. The molecule has 0 saturated heterocycles. The van der Waals surface area contributed by atoms with Crippen molar-refractivity contribution in [2.75, 3.05) is 6.54 Å². The molecule has 1 saturated carbocycles. The number of amides is 2.